The monoisotopic (exact) mass is 131 g/mol. The molecular weight excluding hydrogens is 120 g/mol. The van der Waals surface area contributed by atoms with E-state index in [0.717, 1.165) is 17.9 Å². The molecule has 0 aliphatic rings. The Kier molecular flexibility index (Phi) is 7.09. The number of thioether (sulfide) groups is 1. The van der Waals surface area contributed by atoms with E-state index >= 15 is 0 Å². The molecule has 0 aliphatic heterocycles. The highest BCUT2D eigenvalue weighted by Crippen LogP contribution is 2.01. The highest BCUT2D eigenvalue weighted by atomic mass is 32.2. The molecule has 0 spiro atoms. The van der Waals surface area contributed by atoms with E-state index in [0.29, 0.717) is 0 Å². The molecule has 0 fully saturated rings. The van der Waals surface area contributed by atoms with Crippen molar-refractivity contribution >= 4 is 11.8 Å². The molecule has 0 aromatic carbocycles. The van der Waals surface area contributed by atoms with Crippen LogP contribution in [0, 0.1) is 6.61 Å². The molecule has 0 rings (SSSR count). The minimum atomic E-state index is 0.776. The molecule has 1 N–H and O–H groups in total. The van der Waals surface area contributed by atoms with Crippen molar-refractivity contribution in [2.45, 2.75) is 6.42 Å². The van der Waals surface area contributed by atoms with Crippen LogP contribution in [-0.4, -0.2) is 16.6 Å². The van der Waals surface area contributed by atoms with E-state index in [9.17, 15) is 0 Å². The van der Waals surface area contributed by atoms with Crippen LogP contribution in [0.3, 0.4) is 0 Å². The van der Waals surface area contributed by atoms with Crippen molar-refractivity contribution in [2.75, 3.05) is 11.5 Å². The van der Waals surface area contributed by atoms with E-state index in [1.165, 1.54) is 6.61 Å². The molecule has 0 bridgehead atoms. The Morgan fingerprint density at radius 1 is 1.62 bits per heavy atom. The Labute approximate surface area is 54.8 Å². The van der Waals surface area contributed by atoms with Crippen molar-refractivity contribution in [3.05, 3.63) is 19.3 Å². The van der Waals surface area contributed by atoms with Gasteiger partial charge in [-0.05, 0) is 12.2 Å². The third-order valence-electron chi connectivity index (χ3n) is 0.627. The van der Waals surface area contributed by atoms with E-state index < -0.39 is 0 Å². The molecular formula is C6H11OS. The quantitative estimate of drug-likeness (QED) is 0.453. The summed E-state index contributed by atoms with van der Waals surface area (Å²) < 4.78 is 0. The van der Waals surface area contributed by atoms with Crippen LogP contribution < -0.4 is 0 Å². The van der Waals surface area contributed by atoms with Gasteiger partial charge in [0.1, 0.15) is 0 Å². The van der Waals surface area contributed by atoms with Gasteiger partial charge in [-0.25, -0.2) is 0 Å². The van der Waals surface area contributed by atoms with E-state index in [1.54, 1.807) is 11.8 Å². The third-order valence-corrected chi connectivity index (χ3v) is 1.62. The van der Waals surface area contributed by atoms with Crippen LogP contribution >= 0.6 is 11.8 Å². The number of aliphatic hydroxyl groups is 1. The van der Waals surface area contributed by atoms with Gasteiger partial charge in [-0.15, -0.1) is 6.58 Å². The lowest BCUT2D eigenvalue weighted by Crippen LogP contribution is -1.79. The fourth-order valence-electron chi connectivity index (χ4n) is 0.303. The van der Waals surface area contributed by atoms with Crippen molar-refractivity contribution in [3.63, 3.8) is 0 Å². The molecule has 0 aromatic rings. The lowest BCUT2D eigenvalue weighted by atomic mass is 10.5. The lowest BCUT2D eigenvalue weighted by Gasteiger charge is -1.91. The van der Waals surface area contributed by atoms with Gasteiger partial charge in [0.25, 0.3) is 0 Å². The third kappa shape index (κ3) is 6.05. The Hall–Kier alpha value is 0.0500. The maximum atomic E-state index is 8.20. The topological polar surface area (TPSA) is 20.2 Å². The summed E-state index contributed by atoms with van der Waals surface area (Å²) in [7, 11) is 0. The standard InChI is InChI=1S/C6H11OS/c1-2-5-8-6-3-4-7/h2,4,7H,1,3,5-6H2. The van der Waals surface area contributed by atoms with Crippen molar-refractivity contribution in [1.29, 1.82) is 0 Å². The van der Waals surface area contributed by atoms with E-state index in [4.69, 9.17) is 5.11 Å². The van der Waals surface area contributed by atoms with E-state index in [-0.39, 0.29) is 0 Å². The summed E-state index contributed by atoms with van der Waals surface area (Å²) in [4.78, 5) is 0. The SMILES string of the molecule is C=CCSCC[CH]O. The van der Waals surface area contributed by atoms with Crippen LogP contribution in [0.15, 0.2) is 12.7 Å². The van der Waals surface area contributed by atoms with Gasteiger partial charge in [0, 0.05) is 5.75 Å². The molecule has 0 saturated heterocycles. The van der Waals surface area contributed by atoms with Gasteiger partial charge in [0.2, 0.25) is 0 Å². The maximum Gasteiger partial charge on any atom is 0.0807 e. The van der Waals surface area contributed by atoms with Crippen LogP contribution in [0.25, 0.3) is 0 Å². The van der Waals surface area contributed by atoms with Crippen LogP contribution in [0.4, 0.5) is 0 Å². The second kappa shape index (κ2) is 7.05. The van der Waals surface area contributed by atoms with Crippen LogP contribution in [0.5, 0.6) is 0 Å². The first-order valence-electron chi connectivity index (χ1n) is 2.56. The summed E-state index contributed by atoms with van der Waals surface area (Å²) in [5.41, 5.74) is 0. The minimum Gasteiger partial charge on any atom is -0.390 e. The van der Waals surface area contributed by atoms with Crippen molar-refractivity contribution in [2.24, 2.45) is 0 Å². The minimum absolute atomic E-state index is 0.776. The molecule has 8 heavy (non-hydrogen) atoms. The van der Waals surface area contributed by atoms with Gasteiger partial charge < -0.3 is 5.11 Å². The van der Waals surface area contributed by atoms with Gasteiger partial charge in [0.05, 0.1) is 6.61 Å². The molecule has 0 amide bonds. The average molecular weight is 131 g/mol. The number of hydrogen-bond donors (Lipinski definition) is 1. The molecule has 47 valence electrons. The molecule has 1 nitrogen and oxygen atoms in total. The maximum absolute atomic E-state index is 8.20. The summed E-state index contributed by atoms with van der Waals surface area (Å²) in [6.45, 7) is 4.76. The van der Waals surface area contributed by atoms with Crippen LogP contribution in [0.1, 0.15) is 6.42 Å². The van der Waals surface area contributed by atoms with Crippen molar-refractivity contribution in [1.82, 2.24) is 0 Å². The predicted octanol–water partition coefficient (Wildman–Crippen LogP) is 1.83. The van der Waals surface area contributed by atoms with Gasteiger partial charge in [-0.3, -0.25) is 0 Å². The van der Waals surface area contributed by atoms with E-state index in [2.05, 4.69) is 6.58 Å². The Bertz CT molecular complexity index is 54.5. The molecule has 0 unspecified atom stereocenters. The fraction of sp³-hybridized carbons (Fsp3) is 0.500. The van der Waals surface area contributed by atoms with Gasteiger partial charge in [0.15, 0.2) is 0 Å². The molecule has 2 heteroatoms. The summed E-state index contributed by atoms with van der Waals surface area (Å²) in [6.07, 6.45) is 2.64. The molecule has 0 saturated carbocycles. The van der Waals surface area contributed by atoms with Crippen LogP contribution in [-0.2, 0) is 0 Å². The van der Waals surface area contributed by atoms with Crippen molar-refractivity contribution < 1.29 is 5.11 Å². The highest BCUT2D eigenvalue weighted by Gasteiger charge is 1.82. The average Bonchev–Trinajstić information content (AvgIpc) is 1.81. The Morgan fingerprint density at radius 2 is 2.38 bits per heavy atom. The summed E-state index contributed by atoms with van der Waals surface area (Å²) in [5, 5.41) is 8.20. The lowest BCUT2D eigenvalue weighted by molar-refractivity contribution is 0.382. The molecule has 0 aliphatic carbocycles. The largest absolute Gasteiger partial charge is 0.390 e. The van der Waals surface area contributed by atoms with Crippen LogP contribution in [0.2, 0.25) is 0 Å². The molecule has 0 aromatic heterocycles. The zero-order valence-corrected chi connectivity index (χ0v) is 5.66. The normalized spacial score (nSPS) is 9.12. The fourth-order valence-corrected chi connectivity index (χ4v) is 0.908. The zero-order chi connectivity index (χ0) is 6.24. The first-order chi connectivity index (χ1) is 3.91. The second-order valence-corrected chi connectivity index (χ2v) is 2.48. The summed E-state index contributed by atoms with van der Waals surface area (Å²) in [6, 6.07) is 0. The number of aliphatic hydroxyl groups excluding tert-OH is 1. The smallest absolute Gasteiger partial charge is 0.0807 e. The molecule has 1 radical (unpaired) electrons. The Morgan fingerprint density at radius 3 is 2.88 bits per heavy atom. The highest BCUT2D eigenvalue weighted by molar-refractivity contribution is 7.99. The van der Waals surface area contributed by atoms with Gasteiger partial charge >= 0.3 is 0 Å². The number of rotatable bonds is 5. The second-order valence-electron chi connectivity index (χ2n) is 1.33. The first-order valence-corrected chi connectivity index (χ1v) is 3.71. The predicted molar refractivity (Wildman–Crippen MR) is 38.4 cm³/mol. The van der Waals surface area contributed by atoms with Crippen molar-refractivity contribution in [3.8, 4) is 0 Å². The summed E-state index contributed by atoms with van der Waals surface area (Å²) >= 11 is 1.77. The van der Waals surface area contributed by atoms with E-state index in [1.807, 2.05) is 6.08 Å². The molecule has 0 atom stereocenters. The molecule has 0 heterocycles. The summed E-state index contributed by atoms with van der Waals surface area (Å²) in [5.74, 6) is 1.97. The van der Waals surface area contributed by atoms with Gasteiger partial charge in [-0.2, -0.15) is 11.8 Å². The zero-order valence-electron chi connectivity index (χ0n) is 4.84. The van der Waals surface area contributed by atoms with Gasteiger partial charge in [-0.1, -0.05) is 6.08 Å². The Balaban J connectivity index is 2.62. The number of hydrogen-bond acceptors (Lipinski definition) is 2. The first kappa shape index (κ1) is 8.05.